The van der Waals surface area contributed by atoms with Gasteiger partial charge in [-0.1, -0.05) is 49.6 Å². The van der Waals surface area contributed by atoms with Crippen LogP contribution in [-0.2, 0) is 9.59 Å². The summed E-state index contributed by atoms with van der Waals surface area (Å²) < 4.78 is 10.7. The summed E-state index contributed by atoms with van der Waals surface area (Å²) in [7, 11) is 3.00. The summed E-state index contributed by atoms with van der Waals surface area (Å²) in [4.78, 5) is 27.6. The number of carbonyl (C=O) groups excluding carboxylic acids is 2. The molecule has 1 heterocycles. The van der Waals surface area contributed by atoms with E-state index >= 15 is 0 Å². The summed E-state index contributed by atoms with van der Waals surface area (Å²) in [6, 6.07) is 12.0. The third-order valence-corrected chi connectivity index (χ3v) is 5.56. The van der Waals surface area contributed by atoms with Crippen molar-refractivity contribution in [3.63, 3.8) is 0 Å². The molecule has 0 saturated carbocycles. The molecule has 1 N–H and O–H groups in total. The number of hydrogen-bond donors (Lipinski definition) is 1. The topological polar surface area (TPSA) is 76.1 Å². The van der Waals surface area contributed by atoms with Crippen LogP contribution in [0.3, 0.4) is 0 Å². The quantitative estimate of drug-likeness (QED) is 0.290. The first kappa shape index (κ1) is 22.4. The second-order valence-electron chi connectivity index (χ2n) is 7.68. The summed E-state index contributed by atoms with van der Waals surface area (Å²) in [5.41, 5.74) is 2.18. The molecule has 0 radical (unpaired) electrons. The largest absolute Gasteiger partial charge is 0.507 e. The van der Waals surface area contributed by atoms with E-state index in [0.29, 0.717) is 23.6 Å². The smallest absolute Gasteiger partial charge is 0.295 e. The Hall–Kier alpha value is -3.28. The lowest BCUT2D eigenvalue weighted by molar-refractivity contribution is -0.139. The van der Waals surface area contributed by atoms with E-state index in [1.807, 2.05) is 31.2 Å². The number of hydrogen-bond acceptors (Lipinski definition) is 5. The predicted octanol–water partition coefficient (Wildman–Crippen LogP) is 4.62. The Bertz CT molecular complexity index is 1010. The van der Waals surface area contributed by atoms with Gasteiger partial charge in [0.05, 0.1) is 31.4 Å². The fraction of sp³-hybridized carbons (Fsp3) is 0.360. The van der Waals surface area contributed by atoms with Crippen molar-refractivity contribution in [2.24, 2.45) is 0 Å². The van der Waals surface area contributed by atoms with E-state index in [-0.39, 0.29) is 11.3 Å². The summed E-state index contributed by atoms with van der Waals surface area (Å²) in [6.07, 6.45) is 2.74. The monoisotopic (exact) mass is 423 g/mol. The normalized spacial score (nSPS) is 17.8. The van der Waals surface area contributed by atoms with E-state index in [0.717, 1.165) is 30.4 Å². The first-order valence-corrected chi connectivity index (χ1v) is 10.5. The lowest BCUT2D eigenvalue weighted by Crippen LogP contribution is -2.30. The third kappa shape index (κ3) is 4.43. The maximum Gasteiger partial charge on any atom is 0.295 e. The molecule has 1 atom stereocenters. The first-order valence-electron chi connectivity index (χ1n) is 10.5. The van der Waals surface area contributed by atoms with Crippen molar-refractivity contribution in [3.05, 3.63) is 64.7 Å². The standard InChI is InChI=1S/C25H29NO5/c1-5-6-7-13-26-22(17-10-8-9-16(2)14-17)21(24(28)25(26)29)23(27)19-15-18(30-3)11-12-20(19)31-4/h8-12,14-15,22,27H,5-7,13H2,1-4H3/b23-21+. The number of aryl methyl sites for hydroxylation is 1. The lowest BCUT2D eigenvalue weighted by Gasteiger charge is -2.25. The molecule has 1 aliphatic rings. The minimum absolute atomic E-state index is 0.0682. The molecule has 164 valence electrons. The number of rotatable bonds is 8. The lowest BCUT2D eigenvalue weighted by atomic mass is 9.94. The van der Waals surface area contributed by atoms with Crippen LogP contribution in [0.25, 0.3) is 5.76 Å². The van der Waals surface area contributed by atoms with Gasteiger partial charge in [0.2, 0.25) is 0 Å². The number of nitrogens with zero attached hydrogens (tertiary/aromatic N) is 1. The Morgan fingerprint density at radius 2 is 1.84 bits per heavy atom. The molecule has 1 saturated heterocycles. The van der Waals surface area contributed by atoms with Crippen molar-refractivity contribution in [2.75, 3.05) is 20.8 Å². The van der Waals surface area contributed by atoms with Crippen LogP contribution in [0, 0.1) is 6.92 Å². The van der Waals surface area contributed by atoms with E-state index < -0.39 is 17.7 Å². The zero-order valence-electron chi connectivity index (χ0n) is 18.5. The molecule has 3 rings (SSSR count). The van der Waals surface area contributed by atoms with Crippen LogP contribution in [0.5, 0.6) is 11.5 Å². The van der Waals surface area contributed by atoms with E-state index in [1.165, 1.54) is 14.2 Å². The van der Waals surface area contributed by atoms with E-state index in [1.54, 1.807) is 23.1 Å². The number of ether oxygens (including phenoxy) is 2. The maximum absolute atomic E-state index is 13.1. The molecule has 6 heteroatoms. The number of benzene rings is 2. The Labute approximate surface area is 183 Å². The molecule has 1 unspecified atom stereocenters. The zero-order valence-corrected chi connectivity index (χ0v) is 18.5. The fourth-order valence-electron chi connectivity index (χ4n) is 3.97. The molecule has 0 aliphatic carbocycles. The second-order valence-corrected chi connectivity index (χ2v) is 7.68. The molecule has 0 bridgehead atoms. The van der Waals surface area contributed by atoms with Crippen LogP contribution >= 0.6 is 0 Å². The average molecular weight is 424 g/mol. The molecule has 2 aromatic rings. The number of aliphatic hydroxyl groups is 1. The molecule has 6 nitrogen and oxygen atoms in total. The first-order chi connectivity index (χ1) is 14.9. The van der Waals surface area contributed by atoms with Crippen LogP contribution in [0.15, 0.2) is 48.0 Å². The number of Topliss-reactive ketones (excluding diaryl/α,β-unsaturated/α-hetero) is 1. The van der Waals surface area contributed by atoms with Crippen LogP contribution in [0.1, 0.15) is 48.9 Å². The highest BCUT2D eigenvalue weighted by Gasteiger charge is 2.46. The number of amides is 1. The molecule has 0 spiro atoms. The summed E-state index contributed by atoms with van der Waals surface area (Å²) in [5.74, 6) is -0.653. The highest BCUT2D eigenvalue weighted by molar-refractivity contribution is 6.46. The maximum atomic E-state index is 13.1. The minimum Gasteiger partial charge on any atom is -0.507 e. The molecule has 0 aromatic heterocycles. The van der Waals surface area contributed by atoms with Crippen molar-refractivity contribution in [3.8, 4) is 11.5 Å². The van der Waals surface area contributed by atoms with Crippen molar-refractivity contribution >= 4 is 17.4 Å². The Kier molecular flexibility index (Phi) is 7.00. The molecular weight excluding hydrogens is 394 g/mol. The van der Waals surface area contributed by atoms with Gasteiger partial charge in [0.25, 0.3) is 11.7 Å². The van der Waals surface area contributed by atoms with E-state index in [4.69, 9.17) is 9.47 Å². The number of unbranched alkanes of at least 4 members (excludes halogenated alkanes) is 2. The Morgan fingerprint density at radius 3 is 2.48 bits per heavy atom. The molecule has 1 fully saturated rings. The summed E-state index contributed by atoms with van der Waals surface area (Å²) >= 11 is 0. The van der Waals surface area contributed by atoms with Gasteiger partial charge in [-0.05, 0) is 37.1 Å². The van der Waals surface area contributed by atoms with Crippen LogP contribution in [0.4, 0.5) is 0 Å². The number of ketones is 1. The second kappa shape index (κ2) is 9.69. The Morgan fingerprint density at radius 1 is 1.06 bits per heavy atom. The van der Waals surface area contributed by atoms with E-state index in [9.17, 15) is 14.7 Å². The van der Waals surface area contributed by atoms with Gasteiger partial charge in [0, 0.05) is 6.54 Å². The van der Waals surface area contributed by atoms with Gasteiger partial charge in [-0.25, -0.2) is 0 Å². The minimum atomic E-state index is -0.689. The van der Waals surface area contributed by atoms with Crippen molar-refractivity contribution in [1.29, 1.82) is 0 Å². The van der Waals surface area contributed by atoms with Crippen molar-refractivity contribution in [2.45, 2.75) is 39.2 Å². The molecule has 31 heavy (non-hydrogen) atoms. The summed E-state index contributed by atoms with van der Waals surface area (Å²) in [6.45, 7) is 4.49. The van der Waals surface area contributed by atoms with Crippen LogP contribution in [-0.4, -0.2) is 42.5 Å². The van der Waals surface area contributed by atoms with Gasteiger partial charge < -0.3 is 19.5 Å². The number of aliphatic hydroxyl groups excluding tert-OH is 1. The SMILES string of the molecule is CCCCCN1C(=O)C(=O)/C(=C(/O)c2cc(OC)ccc2OC)C1c1cccc(C)c1. The number of methoxy groups -OCH3 is 2. The highest BCUT2D eigenvalue weighted by atomic mass is 16.5. The number of carbonyl (C=O) groups is 2. The third-order valence-electron chi connectivity index (χ3n) is 5.56. The number of likely N-dealkylation sites (tertiary alicyclic amines) is 1. The zero-order chi connectivity index (χ0) is 22.5. The van der Waals surface area contributed by atoms with Gasteiger partial charge >= 0.3 is 0 Å². The average Bonchev–Trinajstić information content (AvgIpc) is 3.03. The Balaban J connectivity index is 2.20. The molecule has 1 amide bonds. The van der Waals surface area contributed by atoms with Gasteiger partial charge in [-0.3, -0.25) is 9.59 Å². The predicted molar refractivity (Wildman–Crippen MR) is 119 cm³/mol. The highest BCUT2D eigenvalue weighted by Crippen LogP contribution is 2.41. The van der Waals surface area contributed by atoms with Crippen molar-refractivity contribution in [1.82, 2.24) is 4.90 Å². The van der Waals surface area contributed by atoms with E-state index in [2.05, 4.69) is 6.92 Å². The molecular formula is C25H29NO5. The van der Waals surface area contributed by atoms with Gasteiger partial charge in [-0.2, -0.15) is 0 Å². The molecule has 1 aliphatic heterocycles. The van der Waals surface area contributed by atoms with Crippen LogP contribution < -0.4 is 9.47 Å². The van der Waals surface area contributed by atoms with Gasteiger partial charge in [0.1, 0.15) is 17.3 Å². The van der Waals surface area contributed by atoms with Crippen LogP contribution in [0.2, 0.25) is 0 Å². The molecule has 2 aromatic carbocycles. The fourth-order valence-corrected chi connectivity index (χ4v) is 3.97. The summed E-state index contributed by atoms with van der Waals surface area (Å²) in [5, 5.41) is 11.3. The van der Waals surface area contributed by atoms with Gasteiger partial charge in [-0.15, -0.1) is 0 Å². The van der Waals surface area contributed by atoms with Crippen molar-refractivity contribution < 1.29 is 24.2 Å². The van der Waals surface area contributed by atoms with Gasteiger partial charge in [0.15, 0.2) is 0 Å².